The molecule has 4 nitrogen and oxygen atoms in total. The molecular formula is C24H23F3N2O2. The van der Waals surface area contributed by atoms with Crippen LogP contribution in [0.1, 0.15) is 28.3 Å². The highest BCUT2D eigenvalue weighted by Gasteiger charge is 2.31. The molecule has 0 bridgehead atoms. The number of benzene rings is 2. The zero-order valence-electron chi connectivity index (χ0n) is 16.8. The molecule has 4 rings (SSSR count). The van der Waals surface area contributed by atoms with Crippen molar-refractivity contribution in [2.24, 2.45) is 0 Å². The summed E-state index contributed by atoms with van der Waals surface area (Å²) in [5, 5.41) is 10.6. The fourth-order valence-corrected chi connectivity index (χ4v) is 4.00. The van der Waals surface area contributed by atoms with Crippen LogP contribution in [0.3, 0.4) is 0 Å². The fraction of sp³-hybridized carbons (Fsp3) is 0.292. The number of fused-ring (bicyclic) bond motifs is 1. The van der Waals surface area contributed by atoms with Crippen molar-refractivity contribution in [2.75, 3.05) is 19.7 Å². The number of pyridine rings is 1. The number of hydrogen-bond acceptors (Lipinski definition) is 4. The lowest BCUT2D eigenvalue weighted by molar-refractivity contribution is -0.137. The summed E-state index contributed by atoms with van der Waals surface area (Å²) < 4.78 is 43.6. The van der Waals surface area contributed by atoms with E-state index in [4.69, 9.17) is 4.74 Å². The van der Waals surface area contributed by atoms with Crippen LogP contribution < -0.4 is 4.74 Å². The smallest absolute Gasteiger partial charge is 0.416 e. The summed E-state index contributed by atoms with van der Waals surface area (Å²) in [6, 6.07) is 16.6. The second-order valence-electron chi connectivity index (χ2n) is 7.62. The molecule has 31 heavy (non-hydrogen) atoms. The highest BCUT2D eigenvalue weighted by molar-refractivity contribution is 5.39. The number of alkyl halides is 3. The van der Waals surface area contributed by atoms with Gasteiger partial charge in [-0.1, -0.05) is 30.3 Å². The molecule has 162 valence electrons. The second kappa shape index (κ2) is 9.08. The van der Waals surface area contributed by atoms with Crippen molar-refractivity contribution in [2.45, 2.75) is 24.7 Å². The maximum Gasteiger partial charge on any atom is 0.416 e. The van der Waals surface area contributed by atoms with Crippen molar-refractivity contribution in [1.29, 1.82) is 0 Å². The molecule has 0 saturated carbocycles. The van der Waals surface area contributed by atoms with E-state index in [9.17, 15) is 18.3 Å². The average Bonchev–Trinajstić information content (AvgIpc) is 2.78. The van der Waals surface area contributed by atoms with Gasteiger partial charge in [-0.25, -0.2) is 0 Å². The van der Waals surface area contributed by atoms with E-state index in [0.29, 0.717) is 12.3 Å². The predicted octanol–water partition coefficient (Wildman–Crippen LogP) is 4.49. The molecule has 0 radical (unpaired) electrons. The molecule has 0 aliphatic carbocycles. The van der Waals surface area contributed by atoms with Gasteiger partial charge in [0.1, 0.15) is 18.5 Å². The first-order valence-electron chi connectivity index (χ1n) is 10.1. The molecule has 1 unspecified atom stereocenters. The molecule has 3 aromatic rings. The van der Waals surface area contributed by atoms with Gasteiger partial charge in [0.25, 0.3) is 0 Å². The van der Waals surface area contributed by atoms with E-state index >= 15 is 0 Å². The number of ether oxygens (including phenoxy) is 1. The van der Waals surface area contributed by atoms with Crippen LogP contribution in [-0.2, 0) is 12.6 Å². The molecule has 1 aliphatic rings. The van der Waals surface area contributed by atoms with Crippen LogP contribution in [-0.4, -0.2) is 40.8 Å². The van der Waals surface area contributed by atoms with Crippen LogP contribution in [0.4, 0.5) is 13.2 Å². The summed E-state index contributed by atoms with van der Waals surface area (Å²) in [4.78, 5) is 6.45. The predicted molar refractivity (Wildman–Crippen MR) is 111 cm³/mol. The maximum atomic E-state index is 12.7. The Labute approximate surface area is 178 Å². The number of rotatable bonds is 6. The molecule has 0 amide bonds. The zero-order chi connectivity index (χ0) is 21.8. The summed E-state index contributed by atoms with van der Waals surface area (Å²) in [6.45, 7) is 1.13. The quantitative estimate of drug-likeness (QED) is 0.629. The summed E-state index contributed by atoms with van der Waals surface area (Å²) in [7, 11) is 0. The minimum Gasteiger partial charge on any atom is -0.491 e. The van der Waals surface area contributed by atoms with Gasteiger partial charge < -0.3 is 9.84 Å². The van der Waals surface area contributed by atoms with Crippen LogP contribution in [0.5, 0.6) is 5.75 Å². The van der Waals surface area contributed by atoms with Gasteiger partial charge in [0, 0.05) is 25.5 Å². The molecule has 0 saturated heterocycles. The van der Waals surface area contributed by atoms with Crippen LogP contribution in [0.25, 0.3) is 0 Å². The van der Waals surface area contributed by atoms with Gasteiger partial charge in [0.2, 0.25) is 0 Å². The van der Waals surface area contributed by atoms with Crippen LogP contribution >= 0.6 is 0 Å². The highest BCUT2D eigenvalue weighted by atomic mass is 19.4. The molecule has 0 spiro atoms. The van der Waals surface area contributed by atoms with Gasteiger partial charge in [0.05, 0.1) is 11.6 Å². The SMILES string of the molecule is OC(COc1ccc(C(F)(F)F)cc1)CN1CCc2ccccc2[C@H]1c1cccnc1. The van der Waals surface area contributed by atoms with E-state index in [2.05, 4.69) is 22.0 Å². The van der Waals surface area contributed by atoms with E-state index < -0.39 is 17.8 Å². The lowest BCUT2D eigenvalue weighted by Gasteiger charge is -2.38. The monoisotopic (exact) mass is 428 g/mol. The van der Waals surface area contributed by atoms with Crippen molar-refractivity contribution in [3.8, 4) is 5.75 Å². The number of aromatic nitrogens is 1. The molecule has 7 heteroatoms. The van der Waals surface area contributed by atoms with E-state index in [1.807, 2.05) is 30.5 Å². The zero-order valence-corrected chi connectivity index (χ0v) is 16.8. The molecule has 0 fully saturated rings. The van der Waals surface area contributed by atoms with E-state index in [1.165, 1.54) is 23.3 Å². The summed E-state index contributed by atoms with van der Waals surface area (Å²) in [6.07, 6.45) is -0.740. The van der Waals surface area contributed by atoms with Gasteiger partial charge in [-0.15, -0.1) is 0 Å². The Morgan fingerprint density at radius 1 is 1.06 bits per heavy atom. The minimum absolute atomic E-state index is 0.0106. The second-order valence-corrected chi connectivity index (χ2v) is 7.62. The van der Waals surface area contributed by atoms with Gasteiger partial charge in [0.15, 0.2) is 0 Å². The largest absolute Gasteiger partial charge is 0.491 e. The average molecular weight is 428 g/mol. The van der Waals surface area contributed by atoms with Crippen molar-refractivity contribution < 1.29 is 23.0 Å². The first kappa shape index (κ1) is 21.3. The van der Waals surface area contributed by atoms with E-state index in [1.54, 1.807) is 6.20 Å². The normalized spacial score (nSPS) is 17.7. The molecule has 2 aromatic carbocycles. The van der Waals surface area contributed by atoms with Gasteiger partial charge >= 0.3 is 6.18 Å². The molecule has 2 atom stereocenters. The third kappa shape index (κ3) is 5.06. The number of aliphatic hydroxyl groups excluding tert-OH is 1. The van der Waals surface area contributed by atoms with E-state index in [-0.39, 0.29) is 12.6 Å². The van der Waals surface area contributed by atoms with Crippen molar-refractivity contribution in [3.05, 3.63) is 95.3 Å². The number of aliphatic hydroxyl groups is 1. The van der Waals surface area contributed by atoms with Crippen LogP contribution in [0.15, 0.2) is 73.1 Å². The number of nitrogens with zero attached hydrogens (tertiary/aromatic N) is 2. The van der Waals surface area contributed by atoms with Crippen LogP contribution in [0, 0.1) is 0 Å². The van der Waals surface area contributed by atoms with Gasteiger partial charge in [-0.3, -0.25) is 9.88 Å². The van der Waals surface area contributed by atoms with Gasteiger partial charge in [-0.2, -0.15) is 13.2 Å². The standard InChI is InChI=1S/C24H23F3N2O2/c25-24(26,27)19-7-9-21(10-8-19)31-16-20(30)15-29-13-11-17-4-1-2-6-22(17)23(29)18-5-3-12-28-14-18/h1-10,12,14,20,23,30H,11,13,15-16H2/t20?,23-/m1/s1. The number of halogens is 3. The minimum atomic E-state index is -4.39. The third-order valence-corrected chi connectivity index (χ3v) is 5.45. The first-order valence-corrected chi connectivity index (χ1v) is 10.1. The Balaban J connectivity index is 1.44. The molecule has 1 aromatic heterocycles. The van der Waals surface area contributed by atoms with Crippen LogP contribution in [0.2, 0.25) is 0 Å². The van der Waals surface area contributed by atoms with Gasteiger partial charge in [-0.05, 0) is 53.4 Å². The number of β-amino-alcohol motifs (C(OH)–C–C–N with tert-alkyl or cyclic N) is 1. The lowest BCUT2D eigenvalue weighted by Crippen LogP contribution is -2.42. The fourth-order valence-electron chi connectivity index (χ4n) is 4.00. The van der Waals surface area contributed by atoms with Crippen molar-refractivity contribution in [1.82, 2.24) is 9.88 Å². The maximum absolute atomic E-state index is 12.7. The molecule has 1 N–H and O–H groups in total. The summed E-state index contributed by atoms with van der Waals surface area (Å²) in [5.41, 5.74) is 2.79. The Morgan fingerprint density at radius 3 is 2.55 bits per heavy atom. The summed E-state index contributed by atoms with van der Waals surface area (Å²) >= 11 is 0. The highest BCUT2D eigenvalue weighted by Crippen LogP contribution is 2.35. The Morgan fingerprint density at radius 2 is 1.84 bits per heavy atom. The first-order chi connectivity index (χ1) is 14.9. The Kier molecular flexibility index (Phi) is 6.25. The molecular weight excluding hydrogens is 405 g/mol. The van der Waals surface area contributed by atoms with Crippen molar-refractivity contribution >= 4 is 0 Å². The van der Waals surface area contributed by atoms with E-state index in [0.717, 1.165) is 30.7 Å². The summed E-state index contributed by atoms with van der Waals surface area (Å²) in [5.74, 6) is 0.292. The Bertz CT molecular complexity index is 994. The lowest BCUT2D eigenvalue weighted by atomic mass is 9.88. The molecule has 1 aliphatic heterocycles. The topological polar surface area (TPSA) is 45.6 Å². The third-order valence-electron chi connectivity index (χ3n) is 5.45. The number of hydrogen-bond donors (Lipinski definition) is 1. The molecule has 2 heterocycles. The Hall–Kier alpha value is -2.90. The van der Waals surface area contributed by atoms with Crippen molar-refractivity contribution in [3.63, 3.8) is 0 Å².